The number of halogens is 3. The summed E-state index contributed by atoms with van der Waals surface area (Å²) in [5.41, 5.74) is 1.37. The van der Waals surface area contributed by atoms with E-state index in [0.717, 1.165) is 34.9 Å². The van der Waals surface area contributed by atoms with Crippen LogP contribution in [0.1, 0.15) is 27.9 Å². The molecule has 4 nitrogen and oxygen atoms in total. The van der Waals surface area contributed by atoms with Crippen LogP contribution in [0.3, 0.4) is 0 Å². The van der Waals surface area contributed by atoms with Gasteiger partial charge in [0.05, 0.1) is 4.88 Å². The number of hydrogen-bond acceptors (Lipinski definition) is 3. The molecule has 0 atom stereocenters. The first kappa shape index (κ1) is 18.5. The van der Waals surface area contributed by atoms with Crippen LogP contribution in [0, 0.1) is 6.92 Å². The first-order valence-electron chi connectivity index (χ1n) is 8.65. The van der Waals surface area contributed by atoms with E-state index < -0.39 is 11.9 Å². The monoisotopic (exact) mass is 403 g/mol. The summed E-state index contributed by atoms with van der Waals surface area (Å²) in [5.74, 6) is -0.358. The molecule has 1 amide bonds. The van der Waals surface area contributed by atoms with Crippen molar-refractivity contribution >= 4 is 44.1 Å². The minimum atomic E-state index is -4.52. The lowest BCUT2D eigenvalue weighted by Crippen LogP contribution is -2.11. The molecule has 0 aliphatic carbocycles. The second kappa shape index (κ2) is 6.63. The van der Waals surface area contributed by atoms with Gasteiger partial charge in [-0.25, -0.2) is 4.98 Å². The van der Waals surface area contributed by atoms with Crippen molar-refractivity contribution in [2.75, 3.05) is 5.32 Å². The van der Waals surface area contributed by atoms with Crippen LogP contribution in [-0.2, 0) is 12.7 Å². The van der Waals surface area contributed by atoms with Gasteiger partial charge in [-0.1, -0.05) is 0 Å². The zero-order valence-corrected chi connectivity index (χ0v) is 15.9. The Morgan fingerprint density at radius 1 is 1.21 bits per heavy atom. The lowest BCUT2D eigenvalue weighted by molar-refractivity contribution is -0.140. The van der Waals surface area contributed by atoms with Crippen molar-refractivity contribution in [3.8, 4) is 0 Å². The molecule has 28 heavy (non-hydrogen) atoms. The first-order chi connectivity index (χ1) is 13.3. The van der Waals surface area contributed by atoms with Crippen molar-refractivity contribution in [3.05, 3.63) is 58.7 Å². The summed E-state index contributed by atoms with van der Waals surface area (Å²) in [5, 5.41) is 4.39. The second-order valence-corrected chi connectivity index (χ2v) is 7.43. The van der Waals surface area contributed by atoms with E-state index in [-0.39, 0.29) is 10.7 Å². The van der Waals surface area contributed by atoms with Gasteiger partial charge in [-0.2, -0.15) is 13.2 Å². The molecule has 1 aromatic carbocycles. The molecule has 0 aliphatic rings. The first-order valence-corrected chi connectivity index (χ1v) is 9.47. The Morgan fingerprint density at radius 3 is 2.71 bits per heavy atom. The zero-order valence-electron chi connectivity index (χ0n) is 15.1. The Hall–Kier alpha value is -2.87. The van der Waals surface area contributed by atoms with Gasteiger partial charge in [0, 0.05) is 34.7 Å². The van der Waals surface area contributed by atoms with Gasteiger partial charge in [0.25, 0.3) is 5.91 Å². The van der Waals surface area contributed by atoms with E-state index in [1.807, 2.05) is 30.5 Å². The summed E-state index contributed by atoms with van der Waals surface area (Å²) in [6.45, 7) is 4.62. The van der Waals surface area contributed by atoms with Crippen LogP contribution in [-0.4, -0.2) is 15.5 Å². The van der Waals surface area contributed by atoms with Crippen LogP contribution >= 0.6 is 11.3 Å². The average Bonchev–Trinajstić information content (AvgIpc) is 3.21. The maximum Gasteiger partial charge on any atom is 0.433 e. The van der Waals surface area contributed by atoms with Crippen molar-refractivity contribution in [1.29, 1.82) is 0 Å². The molecule has 0 saturated carbocycles. The van der Waals surface area contributed by atoms with Crippen molar-refractivity contribution in [1.82, 2.24) is 9.55 Å². The normalized spacial score (nSPS) is 12.0. The predicted molar refractivity (Wildman–Crippen MR) is 105 cm³/mol. The highest BCUT2D eigenvalue weighted by atomic mass is 32.1. The minimum absolute atomic E-state index is 0.202. The number of pyridine rings is 1. The van der Waals surface area contributed by atoms with Gasteiger partial charge in [0.15, 0.2) is 0 Å². The maximum atomic E-state index is 12.9. The summed E-state index contributed by atoms with van der Waals surface area (Å²) < 4.78 is 40.8. The third-order valence-corrected chi connectivity index (χ3v) is 5.87. The lowest BCUT2D eigenvalue weighted by Gasteiger charge is -2.06. The number of hydrogen-bond donors (Lipinski definition) is 1. The van der Waals surface area contributed by atoms with E-state index in [0.29, 0.717) is 21.5 Å². The summed E-state index contributed by atoms with van der Waals surface area (Å²) in [6, 6.07) is 9.91. The Morgan fingerprint density at radius 2 is 2.00 bits per heavy atom. The molecule has 4 aromatic rings. The number of aryl methyl sites for hydroxylation is 2. The molecular formula is C20H16F3N3OS. The van der Waals surface area contributed by atoms with Crippen molar-refractivity contribution in [2.45, 2.75) is 26.6 Å². The number of carbonyl (C=O) groups excluding carboxylic acids is 1. The molecule has 0 saturated heterocycles. The smallest absolute Gasteiger partial charge is 0.348 e. The third kappa shape index (κ3) is 3.13. The third-order valence-electron chi connectivity index (χ3n) is 4.67. The molecule has 3 aromatic heterocycles. The van der Waals surface area contributed by atoms with E-state index in [1.54, 1.807) is 6.92 Å². The number of rotatable bonds is 3. The molecule has 0 bridgehead atoms. The van der Waals surface area contributed by atoms with E-state index >= 15 is 0 Å². The quantitative estimate of drug-likeness (QED) is 0.466. The minimum Gasteiger partial charge on any atom is -0.348 e. The molecule has 0 unspecified atom stereocenters. The summed E-state index contributed by atoms with van der Waals surface area (Å²) in [7, 11) is 0. The molecule has 0 aliphatic heterocycles. The number of fused-ring (bicyclic) bond motifs is 2. The van der Waals surface area contributed by atoms with Crippen LogP contribution in [0.5, 0.6) is 0 Å². The van der Waals surface area contributed by atoms with E-state index in [2.05, 4.69) is 21.8 Å². The Bertz CT molecular complexity index is 1210. The number of nitrogens with zero attached hydrogens (tertiary/aromatic N) is 2. The molecule has 0 radical (unpaired) electrons. The van der Waals surface area contributed by atoms with Gasteiger partial charge in [0.2, 0.25) is 0 Å². The number of alkyl halides is 3. The predicted octanol–water partition coefficient (Wildman–Crippen LogP) is 5.85. The van der Waals surface area contributed by atoms with Gasteiger partial charge in [-0.3, -0.25) is 4.79 Å². The summed E-state index contributed by atoms with van der Waals surface area (Å²) in [4.78, 5) is 17.0. The number of carbonyl (C=O) groups is 1. The van der Waals surface area contributed by atoms with Crippen molar-refractivity contribution in [3.63, 3.8) is 0 Å². The Balaban J connectivity index is 1.66. The fraction of sp³-hybridized carbons (Fsp3) is 0.200. The van der Waals surface area contributed by atoms with Crippen LogP contribution in [0.25, 0.3) is 21.1 Å². The van der Waals surface area contributed by atoms with Gasteiger partial charge < -0.3 is 9.88 Å². The largest absolute Gasteiger partial charge is 0.433 e. The van der Waals surface area contributed by atoms with Gasteiger partial charge >= 0.3 is 6.18 Å². The number of nitrogens with one attached hydrogen (secondary N) is 1. The molecule has 144 valence electrons. The zero-order chi connectivity index (χ0) is 20.1. The van der Waals surface area contributed by atoms with E-state index in [1.165, 1.54) is 6.07 Å². The highest BCUT2D eigenvalue weighted by Crippen LogP contribution is 2.34. The molecule has 0 spiro atoms. The second-order valence-electron chi connectivity index (χ2n) is 6.43. The Kier molecular flexibility index (Phi) is 4.38. The lowest BCUT2D eigenvalue weighted by atomic mass is 10.1. The van der Waals surface area contributed by atoms with Gasteiger partial charge in [-0.15, -0.1) is 11.3 Å². The molecule has 3 heterocycles. The average molecular weight is 403 g/mol. The molecular weight excluding hydrogens is 387 g/mol. The highest BCUT2D eigenvalue weighted by Gasteiger charge is 2.33. The van der Waals surface area contributed by atoms with Crippen LogP contribution in [0.4, 0.5) is 18.9 Å². The summed E-state index contributed by atoms with van der Waals surface area (Å²) >= 11 is 0.966. The Labute approximate surface area is 162 Å². The van der Waals surface area contributed by atoms with E-state index in [9.17, 15) is 18.0 Å². The molecule has 8 heteroatoms. The topological polar surface area (TPSA) is 46.9 Å². The summed E-state index contributed by atoms with van der Waals surface area (Å²) in [6.07, 6.45) is -2.53. The molecule has 1 N–H and O–H groups in total. The van der Waals surface area contributed by atoms with Crippen LogP contribution in [0.2, 0.25) is 0 Å². The van der Waals surface area contributed by atoms with Crippen molar-refractivity contribution in [2.24, 2.45) is 0 Å². The fourth-order valence-corrected chi connectivity index (χ4v) is 4.29. The van der Waals surface area contributed by atoms with Crippen LogP contribution in [0.15, 0.2) is 42.6 Å². The van der Waals surface area contributed by atoms with Crippen LogP contribution < -0.4 is 5.32 Å². The number of benzene rings is 1. The highest BCUT2D eigenvalue weighted by molar-refractivity contribution is 7.20. The molecule has 4 rings (SSSR count). The number of anilines is 1. The number of thiophene rings is 1. The van der Waals surface area contributed by atoms with E-state index in [4.69, 9.17) is 0 Å². The molecule has 0 fully saturated rings. The number of amides is 1. The SMILES string of the molecule is CCn1ccc2cc(NC(=O)c3sc4nc(C(F)(F)F)ccc4c3C)ccc21. The van der Waals surface area contributed by atoms with Gasteiger partial charge in [0.1, 0.15) is 10.5 Å². The number of aromatic nitrogens is 2. The standard InChI is InChI=1S/C20H16F3N3OS/c1-3-26-9-8-12-10-13(4-6-15(12)26)24-18(27)17-11(2)14-5-7-16(20(21,22)23)25-19(14)28-17/h4-10H,3H2,1-2H3,(H,24,27). The maximum absolute atomic E-state index is 12.9. The van der Waals surface area contributed by atoms with Crippen molar-refractivity contribution < 1.29 is 18.0 Å². The fourth-order valence-electron chi connectivity index (χ4n) is 3.22. The van der Waals surface area contributed by atoms with Gasteiger partial charge in [-0.05, 0) is 55.8 Å².